The zero-order valence-corrected chi connectivity index (χ0v) is 10.1. The summed E-state index contributed by atoms with van der Waals surface area (Å²) < 4.78 is 0. The molecule has 0 heterocycles. The highest BCUT2D eigenvalue weighted by Gasteiger charge is 2.27. The Morgan fingerprint density at radius 3 is 2.61 bits per heavy atom. The lowest BCUT2D eigenvalue weighted by Crippen LogP contribution is -2.41. The van der Waals surface area contributed by atoms with Crippen LogP contribution in [-0.4, -0.2) is 28.8 Å². The molecule has 1 aliphatic carbocycles. The van der Waals surface area contributed by atoms with Crippen LogP contribution in [0.15, 0.2) is 18.2 Å². The molecule has 0 bridgehead atoms. The fourth-order valence-corrected chi connectivity index (χ4v) is 2.00. The first-order valence-electron chi connectivity index (χ1n) is 5.82. The minimum atomic E-state index is -0.556. The summed E-state index contributed by atoms with van der Waals surface area (Å²) in [7, 11) is 1.75. The summed E-state index contributed by atoms with van der Waals surface area (Å²) in [5, 5.41) is 10.6. The molecule has 0 saturated heterocycles. The lowest BCUT2D eigenvalue weighted by atomic mass is 9.91. The maximum atomic E-state index is 12.1. The van der Waals surface area contributed by atoms with Crippen LogP contribution in [0.5, 0.6) is 0 Å². The van der Waals surface area contributed by atoms with Crippen LogP contribution in [0.4, 0.5) is 11.4 Å². The van der Waals surface area contributed by atoms with Gasteiger partial charge in [-0.2, -0.15) is 0 Å². The van der Waals surface area contributed by atoms with Crippen LogP contribution in [0, 0.1) is 10.1 Å². The molecule has 1 amide bonds. The number of rotatable bonds is 3. The van der Waals surface area contributed by atoms with Gasteiger partial charge in [0, 0.05) is 24.7 Å². The topological polar surface area (TPSA) is 89.5 Å². The molecular formula is C12H15N3O3. The fraction of sp³-hybridized carbons (Fsp3) is 0.417. The standard InChI is InChI=1S/C12H15N3O3/c1-14(9-3-2-4-9)12(16)8-5-6-11(15(17)18)10(13)7-8/h5-7,9H,2-4,13H2,1H3. The molecule has 0 atom stereocenters. The Hall–Kier alpha value is -2.11. The largest absolute Gasteiger partial charge is 0.393 e. The summed E-state index contributed by atoms with van der Waals surface area (Å²) in [6, 6.07) is 4.38. The average Bonchev–Trinajstić information content (AvgIpc) is 2.24. The van der Waals surface area contributed by atoms with Gasteiger partial charge in [-0.05, 0) is 31.4 Å². The molecule has 0 unspecified atom stereocenters. The normalized spacial score (nSPS) is 14.9. The minimum absolute atomic E-state index is 0.0212. The van der Waals surface area contributed by atoms with Gasteiger partial charge in [-0.15, -0.1) is 0 Å². The molecule has 6 heteroatoms. The Bertz CT molecular complexity index is 497. The number of anilines is 1. The maximum Gasteiger partial charge on any atom is 0.292 e. The van der Waals surface area contributed by atoms with E-state index in [-0.39, 0.29) is 23.3 Å². The number of nitrogens with two attached hydrogens (primary N) is 1. The number of benzene rings is 1. The number of hydrogen-bond acceptors (Lipinski definition) is 4. The fourth-order valence-electron chi connectivity index (χ4n) is 2.00. The number of carbonyl (C=O) groups is 1. The zero-order chi connectivity index (χ0) is 13.3. The summed E-state index contributed by atoms with van der Waals surface area (Å²) in [6.07, 6.45) is 3.18. The first-order chi connectivity index (χ1) is 8.50. The summed E-state index contributed by atoms with van der Waals surface area (Å²) in [5.41, 5.74) is 5.82. The van der Waals surface area contributed by atoms with Crippen LogP contribution >= 0.6 is 0 Å². The van der Waals surface area contributed by atoms with E-state index in [4.69, 9.17) is 5.73 Å². The summed E-state index contributed by atoms with van der Waals surface area (Å²) in [6.45, 7) is 0. The molecule has 0 aliphatic heterocycles. The molecule has 6 nitrogen and oxygen atoms in total. The van der Waals surface area contributed by atoms with Gasteiger partial charge in [-0.3, -0.25) is 14.9 Å². The van der Waals surface area contributed by atoms with Crippen molar-refractivity contribution in [3.05, 3.63) is 33.9 Å². The van der Waals surface area contributed by atoms with Crippen molar-refractivity contribution in [3.63, 3.8) is 0 Å². The minimum Gasteiger partial charge on any atom is -0.393 e. The molecule has 96 valence electrons. The molecule has 2 N–H and O–H groups in total. The van der Waals surface area contributed by atoms with Crippen LogP contribution in [0.3, 0.4) is 0 Å². The lowest BCUT2D eigenvalue weighted by molar-refractivity contribution is -0.383. The van der Waals surface area contributed by atoms with E-state index in [1.54, 1.807) is 11.9 Å². The van der Waals surface area contributed by atoms with E-state index in [2.05, 4.69) is 0 Å². The van der Waals surface area contributed by atoms with E-state index in [0.717, 1.165) is 19.3 Å². The number of carbonyl (C=O) groups excluding carboxylic acids is 1. The van der Waals surface area contributed by atoms with E-state index in [1.807, 2.05) is 0 Å². The monoisotopic (exact) mass is 249 g/mol. The molecule has 2 rings (SSSR count). The van der Waals surface area contributed by atoms with Crippen molar-refractivity contribution in [2.45, 2.75) is 25.3 Å². The third kappa shape index (κ3) is 2.13. The Morgan fingerprint density at radius 2 is 2.17 bits per heavy atom. The quantitative estimate of drug-likeness (QED) is 0.502. The number of hydrogen-bond donors (Lipinski definition) is 1. The predicted molar refractivity (Wildman–Crippen MR) is 67.2 cm³/mol. The van der Waals surface area contributed by atoms with Crippen molar-refractivity contribution < 1.29 is 9.72 Å². The predicted octanol–water partition coefficient (Wildman–Crippen LogP) is 1.80. The highest BCUT2D eigenvalue weighted by molar-refractivity contribution is 5.95. The molecule has 18 heavy (non-hydrogen) atoms. The molecule has 1 aliphatic rings. The van der Waals surface area contributed by atoms with E-state index in [0.29, 0.717) is 5.56 Å². The second-order valence-corrected chi connectivity index (χ2v) is 4.53. The third-order valence-corrected chi connectivity index (χ3v) is 3.41. The molecule has 1 aromatic rings. The average molecular weight is 249 g/mol. The van der Waals surface area contributed by atoms with E-state index >= 15 is 0 Å². The molecule has 0 spiro atoms. The highest BCUT2D eigenvalue weighted by atomic mass is 16.6. The van der Waals surface area contributed by atoms with Gasteiger partial charge in [-0.25, -0.2) is 0 Å². The molecule has 0 aromatic heterocycles. The number of nitrogens with zero attached hydrogens (tertiary/aromatic N) is 2. The number of amides is 1. The Labute approximate surface area is 105 Å². The molecule has 1 fully saturated rings. The van der Waals surface area contributed by atoms with Gasteiger partial charge in [0.05, 0.1) is 4.92 Å². The summed E-state index contributed by atoms with van der Waals surface area (Å²) in [5.74, 6) is -0.138. The zero-order valence-electron chi connectivity index (χ0n) is 10.1. The second kappa shape index (κ2) is 4.64. The molecule has 1 aromatic carbocycles. The molecule has 0 radical (unpaired) electrons. The van der Waals surface area contributed by atoms with Crippen LogP contribution in [0.2, 0.25) is 0 Å². The van der Waals surface area contributed by atoms with E-state index < -0.39 is 4.92 Å². The first-order valence-corrected chi connectivity index (χ1v) is 5.82. The van der Waals surface area contributed by atoms with Crippen LogP contribution < -0.4 is 5.73 Å². The van der Waals surface area contributed by atoms with Crippen LogP contribution in [0.1, 0.15) is 29.6 Å². The van der Waals surface area contributed by atoms with Crippen LogP contribution in [0.25, 0.3) is 0 Å². The van der Waals surface area contributed by atoms with Crippen molar-refractivity contribution in [1.29, 1.82) is 0 Å². The van der Waals surface area contributed by atoms with Gasteiger partial charge in [0.15, 0.2) is 0 Å². The maximum absolute atomic E-state index is 12.1. The van der Waals surface area contributed by atoms with Gasteiger partial charge in [0.1, 0.15) is 5.69 Å². The van der Waals surface area contributed by atoms with E-state index in [1.165, 1.54) is 18.2 Å². The Morgan fingerprint density at radius 1 is 1.50 bits per heavy atom. The smallest absolute Gasteiger partial charge is 0.292 e. The Kier molecular flexibility index (Phi) is 3.18. The van der Waals surface area contributed by atoms with Crippen molar-refractivity contribution in [2.75, 3.05) is 12.8 Å². The number of nitrogen functional groups attached to an aromatic ring is 1. The van der Waals surface area contributed by atoms with Crippen molar-refractivity contribution in [1.82, 2.24) is 4.90 Å². The molecule has 1 saturated carbocycles. The highest BCUT2D eigenvalue weighted by Crippen LogP contribution is 2.27. The third-order valence-electron chi connectivity index (χ3n) is 3.41. The van der Waals surface area contributed by atoms with Gasteiger partial charge in [0.2, 0.25) is 0 Å². The van der Waals surface area contributed by atoms with Gasteiger partial charge >= 0.3 is 0 Å². The molecular weight excluding hydrogens is 234 g/mol. The number of nitro benzene ring substituents is 1. The number of nitro groups is 1. The summed E-state index contributed by atoms with van der Waals surface area (Å²) >= 11 is 0. The van der Waals surface area contributed by atoms with E-state index in [9.17, 15) is 14.9 Å². The van der Waals surface area contributed by atoms with Crippen molar-refractivity contribution >= 4 is 17.3 Å². The SMILES string of the molecule is CN(C(=O)c1ccc([N+](=O)[O-])c(N)c1)C1CCC1. The van der Waals surface area contributed by atoms with Crippen molar-refractivity contribution in [3.8, 4) is 0 Å². The van der Waals surface area contributed by atoms with Crippen molar-refractivity contribution in [2.24, 2.45) is 0 Å². The van der Waals surface area contributed by atoms with Gasteiger partial charge in [-0.1, -0.05) is 0 Å². The first kappa shape index (κ1) is 12.3. The second-order valence-electron chi connectivity index (χ2n) is 4.53. The van der Waals surface area contributed by atoms with Gasteiger partial charge in [0.25, 0.3) is 11.6 Å². The summed E-state index contributed by atoms with van der Waals surface area (Å²) in [4.78, 5) is 23.9. The lowest BCUT2D eigenvalue weighted by Gasteiger charge is -2.34. The van der Waals surface area contributed by atoms with Gasteiger partial charge < -0.3 is 10.6 Å². The van der Waals surface area contributed by atoms with Crippen LogP contribution in [-0.2, 0) is 0 Å². The Balaban J connectivity index is 2.20.